The van der Waals surface area contributed by atoms with Gasteiger partial charge >= 0.3 is 0 Å². The van der Waals surface area contributed by atoms with E-state index >= 15 is 0 Å². The summed E-state index contributed by atoms with van der Waals surface area (Å²) >= 11 is 0. The maximum absolute atomic E-state index is 12.2. The molecule has 0 aliphatic heterocycles. The Balaban J connectivity index is 2.19. The molecular formula is C16H14O3S. The van der Waals surface area contributed by atoms with Gasteiger partial charge in [0.15, 0.2) is 5.78 Å². The van der Waals surface area contributed by atoms with Crippen LogP contribution < -0.4 is 0 Å². The van der Waals surface area contributed by atoms with Crippen molar-refractivity contribution >= 4 is 15.6 Å². The molecule has 2 aromatic carbocycles. The fraction of sp³-hybridized carbons (Fsp3) is 0.0625. The van der Waals surface area contributed by atoms with Gasteiger partial charge in [0, 0.05) is 16.9 Å². The van der Waals surface area contributed by atoms with Crippen LogP contribution in [0.15, 0.2) is 77.0 Å². The molecule has 2 rings (SSSR count). The molecule has 0 N–H and O–H groups in total. The van der Waals surface area contributed by atoms with Crippen LogP contribution in [0.2, 0.25) is 0 Å². The van der Waals surface area contributed by atoms with E-state index in [-0.39, 0.29) is 22.0 Å². The summed E-state index contributed by atoms with van der Waals surface area (Å²) in [5.41, 5.74) is 0.483. The first kappa shape index (κ1) is 14.2. The minimum absolute atomic E-state index is 0.0856. The molecule has 0 radical (unpaired) electrons. The maximum Gasteiger partial charge on any atom is 0.202 e. The van der Waals surface area contributed by atoms with Crippen molar-refractivity contribution in [3.63, 3.8) is 0 Å². The predicted octanol–water partition coefficient (Wildman–Crippen LogP) is 3.25. The van der Waals surface area contributed by atoms with Crippen molar-refractivity contribution in [3.8, 4) is 0 Å². The van der Waals surface area contributed by atoms with Crippen molar-refractivity contribution in [1.29, 1.82) is 0 Å². The van der Waals surface area contributed by atoms with Gasteiger partial charge in [0.05, 0.1) is 4.90 Å². The Bertz CT molecular complexity index is 717. The van der Waals surface area contributed by atoms with Crippen molar-refractivity contribution in [3.05, 3.63) is 77.7 Å². The zero-order chi connectivity index (χ0) is 14.6. The zero-order valence-corrected chi connectivity index (χ0v) is 11.6. The second kappa shape index (κ2) is 5.84. The average molecular weight is 286 g/mol. The fourth-order valence-corrected chi connectivity index (χ4v) is 2.94. The van der Waals surface area contributed by atoms with Gasteiger partial charge in [0.25, 0.3) is 0 Å². The molecule has 0 spiro atoms. The Kier molecular flexibility index (Phi) is 4.15. The van der Waals surface area contributed by atoms with E-state index in [9.17, 15) is 13.2 Å². The number of rotatable bonds is 5. The van der Waals surface area contributed by atoms with Crippen molar-refractivity contribution < 1.29 is 13.2 Å². The summed E-state index contributed by atoms with van der Waals surface area (Å²) in [6, 6.07) is 16.6. The van der Waals surface area contributed by atoms with Gasteiger partial charge in [0.2, 0.25) is 9.84 Å². The lowest BCUT2D eigenvalue weighted by Crippen LogP contribution is -2.09. The van der Waals surface area contributed by atoms with Gasteiger partial charge in [-0.3, -0.25) is 4.79 Å². The number of sulfone groups is 1. The SMILES string of the molecule is C=C(CC(=O)c1ccccc1)S(=O)(=O)c1ccccc1. The van der Waals surface area contributed by atoms with E-state index in [1.54, 1.807) is 48.5 Å². The molecule has 0 heterocycles. The number of allylic oxidation sites excluding steroid dienone is 1. The summed E-state index contributed by atoms with van der Waals surface area (Å²) in [5.74, 6) is -0.255. The highest BCUT2D eigenvalue weighted by molar-refractivity contribution is 7.95. The molecular weight excluding hydrogens is 272 g/mol. The van der Waals surface area contributed by atoms with E-state index in [1.807, 2.05) is 0 Å². The highest BCUT2D eigenvalue weighted by Gasteiger charge is 2.21. The number of ketones is 1. The number of hydrogen-bond donors (Lipinski definition) is 0. The van der Waals surface area contributed by atoms with Crippen LogP contribution in [0, 0.1) is 0 Å². The lowest BCUT2D eigenvalue weighted by molar-refractivity contribution is 0.0994. The first-order valence-corrected chi connectivity index (χ1v) is 7.56. The van der Waals surface area contributed by atoms with Gasteiger partial charge in [-0.05, 0) is 12.1 Å². The van der Waals surface area contributed by atoms with Gasteiger partial charge < -0.3 is 0 Å². The highest BCUT2D eigenvalue weighted by atomic mass is 32.2. The van der Waals surface area contributed by atoms with E-state index in [4.69, 9.17) is 0 Å². The molecule has 0 aliphatic carbocycles. The standard InChI is InChI=1S/C16H14O3S/c1-13(12-16(17)14-8-4-2-5-9-14)20(18,19)15-10-6-3-7-11-15/h2-11H,1,12H2. The molecule has 0 aromatic heterocycles. The van der Waals surface area contributed by atoms with E-state index in [0.717, 1.165) is 0 Å². The average Bonchev–Trinajstić information content (AvgIpc) is 2.49. The third kappa shape index (κ3) is 3.03. The Hall–Kier alpha value is -2.20. The first-order valence-electron chi connectivity index (χ1n) is 6.08. The van der Waals surface area contributed by atoms with Crippen LogP contribution >= 0.6 is 0 Å². The molecule has 102 valence electrons. The minimum Gasteiger partial charge on any atom is -0.294 e. The first-order chi connectivity index (χ1) is 9.51. The fourth-order valence-electron chi connectivity index (χ4n) is 1.77. The quantitative estimate of drug-likeness (QED) is 0.793. The van der Waals surface area contributed by atoms with Crippen molar-refractivity contribution in [2.24, 2.45) is 0 Å². The number of benzene rings is 2. The third-order valence-corrected chi connectivity index (χ3v) is 4.68. The van der Waals surface area contributed by atoms with E-state index in [2.05, 4.69) is 6.58 Å². The Morgan fingerprint density at radius 1 is 0.900 bits per heavy atom. The van der Waals surface area contributed by atoms with Gasteiger partial charge in [-0.15, -0.1) is 0 Å². The minimum atomic E-state index is -3.66. The van der Waals surface area contributed by atoms with Gasteiger partial charge in [-0.2, -0.15) is 0 Å². The van der Waals surface area contributed by atoms with E-state index in [1.165, 1.54) is 12.1 Å². The summed E-state index contributed by atoms with van der Waals surface area (Å²) in [6.07, 6.45) is -0.207. The maximum atomic E-state index is 12.2. The zero-order valence-electron chi connectivity index (χ0n) is 10.8. The summed E-state index contributed by atoms with van der Waals surface area (Å²) in [5, 5.41) is 0. The topological polar surface area (TPSA) is 51.2 Å². The summed E-state index contributed by atoms with van der Waals surface area (Å²) in [7, 11) is -3.66. The van der Waals surface area contributed by atoms with Crippen LogP contribution in [-0.2, 0) is 9.84 Å². The Morgan fingerprint density at radius 2 is 1.40 bits per heavy atom. The van der Waals surface area contributed by atoms with Crippen LogP contribution in [-0.4, -0.2) is 14.2 Å². The molecule has 0 aliphatic rings. The van der Waals surface area contributed by atoms with Crippen LogP contribution in [0.1, 0.15) is 16.8 Å². The molecule has 3 nitrogen and oxygen atoms in total. The summed E-state index contributed by atoms with van der Waals surface area (Å²) in [4.78, 5) is 12.1. The second-order valence-electron chi connectivity index (χ2n) is 4.32. The number of carbonyl (C=O) groups excluding carboxylic acids is 1. The summed E-state index contributed by atoms with van der Waals surface area (Å²) in [6.45, 7) is 3.56. The Labute approximate surface area is 118 Å². The van der Waals surface area contributed by atoms with Gasteiger partial charge in [-0.25, -0.2) is 8.42 Å². The molecule has 2 aromatic rings. The number of hydrogen-bond acceptors (Lipinski definition) is 3. The molecule has 0 unspecified atom stereocenters. The van der Waals surface area contributed by atoms with Crippen LogP contribution in [0.25, 0.3) is 0 Å². The van der Waals surface area contributed by atoms with Crippen molar-refractivity contribution in [2.45, 2.75) is 11.3 Å². The van der Waals surface area contributed by atoms with Crippen LogP contribution in [0.5, 0.6) is 0 Å². The molecule has 0 fully saturated rings. The number of carbonyl (C=O) groups is 1. The summed E-state index contributed by atoms with van der Waals surface area (Å²) < 4.78 is 24.5. The third-order valence-electron chi connectivity index (χ3n) is 2.89. The Morgan fingerprint density at radius 3 is 1.95 bits per heavy atom. The molecule has 0 saturated carbocycles. The monoisotopic (exact) mass is 286 g/mol. The molecule has 0 atom stereocenters. The lowest BCUT2D eigenvalue weighted by Gasteiger charge is -2.07. The van der Waals surface area contributed by atoms with Gasteiger partial charge in [-0.1, -0.05) is 55.1 Å². The lowest BCUT2D eigenvalue weighted by atomic mass is 10.1. The van der Waals surface area contributed by atoms with Crippen molar-refractivity contribution in [2.75, 3.05) is 0 Å². The molecule has 0 saturated heterocycles. The molecule has 20 heavy (non-hydrogen) atoms. The highest BCUT2D eigenvalue weighted by Crippen LogP contribution is 2.21. The van der Waals surface area contributed by atoms with E-state index in [0.29, 0.717) is 5.56 Å². The normalized spacial score (nSPS) is 11.0. The van der Waals surface area contributed by atoms with E-state index < -0.39 is 9.84 Å². The van der Waals surface area contributed by atoms with Crippen LogP contribution in [0.3, 0.4) is 0 Å². The molecule has 0 amide bonds. The number of Topliss-reactive ketones (excluding diaryl/α,β-unsaturated/α-hetero) is 1. The smallest absolute Gasteiger partial charge is 0.202 e. The van der Waals surface area contributed by atoms with Crippen molar-refractivity contribution in [1.82, 2.24) is 0 Å². The predicted molar refractivity (Wildman–Crippen MR) is 78.2 cm³/mol. The van der Waals surface area contributed by atoms with Crippen LogP contribution in [0.4, 0.5) is 0 Å². The largest absolute Gasteiger partial charge is 0.294 e. The second-order valence-corrected chi connectivity index (χ2v) is 6.38. The molecule has 4 heteroatoms. The molecule has 0 bridgehead atoms. The van der Waals surface area contributed by atoms with Gasteiger partial charge in [0.1, 0.15) is 0 Å².